The lowest BCUT2D eigenvalue weighted by Crippen LogP contribution is -2.22. The van der Waals surface area contributed by atoms with E-state index in [1.807, 2.05) is 0 Å². The zero-order chi connectivity index (χ0) is 11.3. The van der Waals surface area contributed by atoms with Gasteiger partial charge in [-0.25, -0.2) is 4.39 Å². The molecule has 1 rings (SSSR count). The lowest BCUT2D eigenvalue weighted by Gasteiger charge is -2.21. The van der Waals surface area contributed by atoms with Crippen molar-refractivity contribution < 1.29 is 9.50 Å². The molecular formula is C12H14FNO. The summed E-state index contributed by atoms with van der Waals surface area (Å²) in [6.45, 7) is 3.41. The Hall–Kier alpha value is -1.40. The molecule has 0 aliphatic carbocycles. The largest absolute Gasteiger partial charge is 0.384 e. The number of hydrogen-bond acceptors (Lipinski definition) is 2. The third-order valence-electron chi connectivity index (χ3n) is 2.19. The summed E-state index contributed by atoms with van der Waals surface area (Å²) < 4.78 is 12.6. The standard InChI is InChI=1S/C12H14FNO/c1-3-4-5-8-12(2,15)11-7-6-10(13)9-14-11/h6-7,9,15H,5,8H2,1-2H3. The lowest BCUT2D eigenvalue weighted by atomic mass is 9.96. The molecule has 0 spiro atoms. The second-order valence-electron chi connectivity index (χ2n) is 3.56. The first-order chi connectivity index (χ1) is 7.06. The summed E-state index contributed by atoms with van der Waals surface area (Å²) in [5.41, 5.74) is -0.570. The highest BCUT2D eigenvalue weighted by Crippen LogP contribution is 2.23. The van der Waals surface area contributed by atoms with Crippen LogP contribution in [0.15, 0.2) is 18.3 Å². The fourth-order valence-corrected chi connectivity index (χ4v) is 1.25. The zero-order valence-electron chi connectivity index (χ0n) is 8.92. The normalized spacial score (nSPS) is 13.9. The Morgan fingerprint density at radius 1 is 1.53 bits per heavy atom. The number of aliphatic hydroxyl groups is 1. The van der Waals surface area contributed by atoms with E-state index in [1.54, 1.807) is 13.8 Å². The molecule has 0 fully saturated rings. The van der Waals surface area contributed by atoms with Crippen LogP contribution >= 0.6 is 0 Å². The van der Waals surface area contributed by atoms with E-state index >= 15 is 0 Å². The van der Waals surface area contributed by atoms with Crippen LogP contribution in [0.3, 0.4) is 0 Å². The quantitative estimate of drug-likeness (QED) is 0.771. The van der Waals surface area contributed by atoms with Gasteiger partial charge in [0.25, 0.3) is 0 Å². The highest BCUT2D eigenvalue weighted by molar-refractivity contribution is 5.13. The molecule has 0 amide bonds. The van der Waals surface area contributed by atoms with Crippen molar-refractivity contribution in [2.75, 3.05) is 0 Å². The SMILES string of the molecule is CC#CCCC(C)(O)c1ccc(F)cn1. The van der Waals surface area contributed by atoms with E-state index in [0.29, 0.717) is 18.5 Å². The van der Waals surface area contributed by atoms with Crippen LogP contribution in [0.25, 0.3) is 0 Å². The molecular weight excluding hydrogens is 193 g/mol. The Labute approximate surface area is 89.2 Å². The molecule has 0 aliphatic rings. The molecule has 1 aromatic rings. The van der Waals surface area contributed by atoms with E-state index in [0.717, 1.165) is 6.20 Å². The maximum absolute atomic E-state index is 12.6. The number of nitrogens with zero attached hydrogens (tertiary/aromatic N) is 1. The highest BCUT2D eigenvalue weighted by atomic mass is 19.1. The van der Waals surface area contributed by atoms with Crippen LogP contribution in [-0.2, 0) is 5.60 Å². The molecule has 0 radical (unpaired) electrons. The number of pyridine rings is 1. The summed E-state index contributed by atoms with van der Waals surface area (Å²) in [4.78, 5) is 3.86. The predicted molar refractivity (Wildman–Crippen MR) is 56.4 cm³/mol. The fraction of sp³-hybridized carbons (Fsp3) is 0.417. The van der Waals surface area contributed by atoms with Gasteiger partial charge in [-0.05, 0) is 32.4 Å². The molecule has 1 N–H and O–H groups in total. The van der Waals surface area contributed by atoms with Crippen LogP contribution in [0.2, 0.25) is 0 Å². The average molecular weight is 207 g/mol. The number of aromatic nitrogens is 1. The van der Waals surface area contributed by atoms with E-state index in [-0.39, 0.29) is 0 Å². The van der Waals surface area contributed by atoms with Gasteiger partial charge >= 0.3 is 0 Å². The maximum atomic E-state index is 12.6. The van der Waals surface area contributed by atoms with Crippen molar-refractivity contribution in [3.63, 3.8) is 0 Å². The minimum absolute atomic E-state index is 0.400. The van der Waals surface area contributed by atoms with Crippen molar-refractivity contribution in [2.24, 2.45) is 0 Å². The fourth-order valence-electron chi connectivity index (χ4n) is 1.25. The topological polar surface area (TPSA) is 33.1 Å². The van der Waals surface area contributed by atoms with Crippen molar-refractivity contribution in [1.82, 2.24) is 4.98 Å². The van der Waals surface area contributed by atoms with Crippen molar-refractivity contribution in [3.05, 3.63) is 29.8 Å². The summed E-state index contributed by atoms with van der Waals surface area (Å²) in [6, 6.07) is 2.79. The zero-order valence-corrected chi connectivity index (χ0v) is 8.92. The number of hydrogen-bond donors (Lipinski definition) is 1. The summed E-state index contributed by atoms with van der Waals surface area (Å²) in [6.07, 6.45) is 2.20. The third-order valence-corrected chi connectivity index (χ3v) is 2.19. The maximum Gasteiger partial charge on any atom is 0.141 e. The van der Waals surface area contributed by atoms with Gasteiger partial charge in [-0.3, -0.25) is 4.98 Å². The Morgan fingerprint density at radius 2 is 2.27 bits per heavy atom. The van der Waals surface area contributed by atoms with Crippen molar-refractivity contribution in [1.29, 1.82) is 0 Å². The molecule has 80 valence electrons. The second-order valence-corrected chi connectivity index (χ2v) is 3.56. The molecule has 0 aromatic carbocycles. The predicted octanol–water partition coefficient (Wildman–Crippen LogP) is 2.23. The Bertz CT molecular complexity index is 373. The van der Waals surface area contributed by atoms with Gasteiger partial charge in [-0.1, -0.05) is 0 Å². The van der Waals surface area contributed by atoms with Gasteiger partial charge in [0.15, 0.2) is 0 Å². The van der Waals surface area contributed by atoms with Crippen LogP contribution in [0, 0.1) is 17.7 Å². The molecule has 0 saturated heterocycles. The smallest absolute Gasteiger partial charge is 0.141 e. The molecule has 0 saturated carbocycles. The number of halogens is 1. The van der Waals surface area contributed by atoms with Crippen molar-refractivity contribution in [3.8, 4) is 11.8 Å². The Morgan fingerprint density at radius 3 is 2.80 bits per heavy atom. The monoisotopic (exact) mass is 207 g/mol. The first kappa shape index (κ1) is 11.7. The van der Waals surface area contributed by atoms with Gasteiger partial charge in [-0.2, -0.15) is 0 Å². The van der Waals surface area contributed by atoms with E-state index in [4.69, 9.17) is 0 Å². The third kappa shape index (κ3) is 3.34. The second kappa shape index (κ2) is 4.90. The van der Waals surface area contributed by atoms with Crippen LogP contribution in [0.4, 0.5) is 4.39 Å². The van der Waals surface area contributed by atoms with E-state index in [9.17, 15) is 9.50 Å². The van der Waals surface area contributed by atoms with Gasteiger partial charge in [0.2, 0.25) is 0 Å². The van der Waals surface area contributed by atoms with E-state index < -0.39 is 11.4 Å². The highest BCUT2D eigenvalue weighted by Gasteiger charge is 2.23. The van der Waals surface area contributed by atoms with Gasteiger partial charge < -0.3 is 5.11 Å². The molecule has 2 nitrogen and oxygen atoms in total. The minimum atomic E-state index is -1.04. The van der Waals surface area contributed by atoms with Gasteiger partial charge in [-0.15, -0.1) is 11.8 Å². The van der Waals surface area contributed by atoms with Crippen LogP contribution in [-0.4, -0.2) is 10.1 Å². The van der Waals surface area contributed by atoms with Crippen LogP contribution in [0.1, 0.15) is 32.4 Å². The number of rotatable bonds is 3. The molecule has 0 aliphatic heterocycles. The summed E-state index contributed by atoms with van der Waals surface area (Å²) in [7, 11) is 0. The van der Waals surface area contributed by atoms with E-state index in [1.165, 1.54) is 12.1 Å². The molecule has 0 bridgehead atoms. The molecule has 1 unspecified atom stereocenters. The van der Waals surface area contributed by atoms with E-state index in [2.05, 4.69) is 16.8 Å². The van der Waals surface area contributed by atoms with Gasteiger partial charge in [0, 0.05) is 6.42 Å². The van der Waals surface area contributed by atoms with Crippen molar-refractivity contribution >= 4 is 0 Å². The Balaban J connectivity index is 2.74. The Kier molecular flexibility index (Phi) is 3.81. The summed E-state index contributed by atoms with van der Waals surface area (Å²) >= 11 is 0. The van der Waals surface area contributed by atoms with Crippen molar-refractivity contribution in [2.45, 2.75) is 32.3 Å². The van der Waals surface area contributed by atoms with Crippen LogP contribution in [0.5, 0.6) is 0 Å². The minimum Gasteiger partial charge on any atom is -0.384 e. The molecule has 1 aromatic heterocycles. The first-order valence-electron chi connectivity index (χ1n) is 4.80. The molecule has 1 atom stereocenters. The summed E-state index contributed by atoms with van der Waals surface area (Å²) in [5, 5.41) is 10.1. The lowest BCUT2D eigenvalue weighted by molar-refractivity contribution is 0.0447. The van der Waals surface area contributed by atoms with Crippen LogP contribution < -0.4 is 0 Å². The van der Waals surface area contributed by atoms with Gasteiger partial charge in [0.05, 0.1) is 11.9 Å². The summed E-state index contributed by atoms with van der Waals surface area (Å²) in [5.74, 6) is 5.23. The molecule has 1 heterocycles. The van der Waals surface area contributed by atoms with Gasteiger partial charge in [0.1, 0.15) is 11.4 Å². The molecule has 3 heteroatoms. The first-order valence-corrected chi connectivity index (χ1v) is 4.80. The molecule has 15 heavy (non-hydrogen) atoms. The average Bonchev–Trinajstić information content (AvgIpc) is 2.18.